The van der Waals surface area contributed by atoms with Crippen molar-refractivity contribution < 1.29 is 4.79 Å². The van der Waals surface area contributed by atoms with Gasteiger partial charge in [-0.25, -0.2) is 0 Å². The van der Waals surface area contributed by atoms with Crippen molar-refractivity contribution in [3.8, 4) is 0 Å². The van der Waals surface area contributed by atoms with Crippen LogP contribution in [-0.4, -0.2) is 5.91 Å². The number of anilines is 1. The number of benzene rings is 2. The van der Waals surface area contributed by atoms with E-state index in [9.17, 15) is 4.79 Å². The van der Waals surface area contributed by atoms with Crippen LogP contribution in [0.4, 0.5) is 5.69 Å². The average Bonchev–Trinajstić information content (AvgIpc) is 2.33. The number of carbonyl (C=O) groups is 1. The molecule has 19 heavy (non-hydrogen) atoms. The average molecular weight is 448 g/mol. The Morgan fingerprint density at radius 3 is 2.42 bits per heavy atom. The number of carbonyl (C=O) groups excluding carboxylic acids is 1. The first-order valence-electron chi connectivity index (χ1n) is 5.50. The van der Waals surface area contributed by atoms with Crippen LogP contribution in [0.5, 0.6) is 0 Å². The van der Waals surface area contributed by atoms with E-state index in [1.807, 2.05) is 37.3 Å². The molecule has 0 atom stereocenters. The second kappa shape index (κ2) is 6.20. The number of nitrogens with one attached hydrogen (secondary N) is 1. The summed E-state index contributed by atoms with van der Waals surface area (Å²) in [5.74, 6) is -0.148. The minimum Gasteiger partial charge on any atom is -0.321 e. The summed E-state index contributed by atoms with van der Waals surface area (Å²) in [6.45, 7) is 1.98. The van der Waals surface area contributed by atoms with E-state index >= 15 is 0 Å². The van der Waals surface area contributed by atoms with E-state index in [0.29, 0.717) is 5.56 Å². The number of amides is 1. The monoisotopic (exact) mass is 445 g/mol. The molecule has 0 aliphatic heterocycles. The number of rotatable bonds is 2. The quantitative estimate of drug-likeness (QED) is 0.643. The molecule has 1 amide bonds. The van der Waals surface area contributed by atoms with Gasteiger partial charge in [0.1, 0.15) is 0 Å². The van der Waals surface area contributed by atoms with Crippen LogP contribution in [0.2, 0.25) is 0 Å². The number of hydrogen-bond acceptors (Lipinski definition) is 1. The Labute approximate surface area is 137 Å². The lowest BCUT2D eigenvalue weighted by molar-refractivity contribution is 0.102. The third-order valence-corrected chi connectivity index (χ3v) is 4.39. The third-order valence-electron chi connectivity index (χ3n) is 2.55. The summed E-state index contributed by atoms with van der Waals surface area (Å²) in [6.07, 6.45) is 0. The number of hydrogen-bond donors (Lipinski definition) is 1. The second-order valence-corrected chi connectivity index (χ2v) is 6.69. The van der Waals surface area contributed by atoms with Crippen molar-refractivity contribution in [2.24, 2.45) is 0 Å². The van der Waals surface area contributed by atoms with Gasteiger partial charge in [0.25, 0.3) is 5.91 Å². The molecule has 0 bridgehead atoms. The Kier molecular flexibility index (Phi) is 4.81. The lowest BCUT2D eigenvalue weighted by Crippen LogP contribution is -2.13. The van der Waals surface area contributed by atoms with Crippen molar-refractivity contribution in [3.05, 3.63) is 60.9 Å². The van der Waals surface area contributed by atoms with Gasteiger partial charge in [-0.2, -0.15) is 0 Å². The lowest BCUT2D eigenvalue weighted by atomic mass is 10.2. The molecule has 0 heterocycles. The Hall–Kier alpha value is -0.650. The third kappa shape index (κ3) is 3.68. The van der Waals surface area contributed by atoms with Crippen LogP contribution in [-0.2, 0) is 0 Å². The van der Waals surface area contributed by atoms with Gasteiger partial charge in [-0.1, -0.05) is 22.0 Å². The number of aryl methyl sites for hydroxylation is 1. The molecule has 2 nitrogen and oxygen atoms in total. The van der Waals surface area contributed by atoms with Crippen molar-refractivity contribution in [1.29, 1.82) is 0 Å². The van der Waals surface area contributed by atoms with Crippen LogP contribution in [0.25, 0.3) is 0 Å². The van der Waals surface area contributed by atoms with Gasteiger partial charge in [0.15, 0.2) is 0 Å². The molecule has 0 unspecified atom stereocenters. The smallest absolute Gasteiger partial charge is 0.256 e. The highest BCUT2D eigenvalue weighted by molar-refractivity contribution is 9.11. The van der Waals surface area contributed by atoms with Gasteiger partial charge in [-0.3, -0.25) is 4.79 Å². The summed E-state index contributed by atoms with van der Waals surface area (Å²) in [5, 5.41) is 2.90. The summed E-state index contributed by atoms with van der Waals surface area (Å²) in [6, 6.07) is 11.3. The van der Waals surface area contributed by atoms with Crippen LogP contribution >= 0.6 is 47.8 Å². The normalized spacial score (nSPS) is 10.3. The highest BCUT2D eigenvalue weighted by Gasteiger charge is 2.12. The van der Waals surface area contributed by atoms with E-state index in [2.05, 4.69) is 53.1 Å². The standard InChI is InChI=1S/C14H10Br3NO/c1-8-2-5-11(16)13(6-8)18-14(19)10-4-3-9(15)7-12(10)17/h2-7H,1H3,(H,18,19). The molecule has 0 fully saturated rings. The first-order chi connectivity index (χ1) is 8.97. The topological polar surface area (TPSA) is 29.1 Å². The highest BCUT2D eigenvalue weighted by Crippen LogP contribution is 2.26. The molecule has 2 aromatic carbocycles. The maximum Gasteiger partial charge on any atom is 0.256 e. The van der Waals surface area contributed by atoms with Crippen LogP contribution in [0.15, 0.2) is 49.8 Å². The van der Waals surface area contributed by atoms with Gasteiger partial charge in [0.2, 0.25) is 0 Å². The number of halogens is 3. The van der Waals surface area contributed by atoms with Gasteiger partial charge in [0.05, 0.1) is 11.3 Å². The van der Waals surface area contributed by atoms with Crippen molar-refractivity contribution in [3.63, 3.8) is 0 Å². The predicted molar refractivity (Wildman–Crippen MR) is 88.7 cm³/mol. The Balaban J connectivity index is 2.28. The van der Waals surface area contributed by atoms with E-state index < -0.39 is 0 Å². The van der Waals surface area contributed by atoms with Gasteiger partial charge >= 0.3 is 0 Å². The van der Waals surface area contributed by atoms with Gasteiger partial charge < -0.3 is 5.32 Å². The van der Waals surface area contributed by atoms with Crippen LogP contribution < -0.4 is 5.32 Å². The molecule has 98 valence electrons. The first kappa shape index (κ1) is 14.8. The molecule has 0 aromatic heterocycles. The van der Waals surface area contributed by atoms with E-state index in [4.69, 9.17) is 0 Å². The fourth-order valence-electron chi connectivity index (χ4n) is 1.60. The van der Waals surface area contributed by atoms with E-state index in [1.54, 1.807) is 6.07 Å². The van der Waals surface area contributed by atoms with Crippen LogP contribution in [0.3, 0.4) is 0 Å². The largest absolute Gasteiger partial charge is 0.321 e. The van der Waals surface area contributed by atoms with Gasteiger partial charge in [-0.05, 0) is 74.7 Å². The van der Waals surface area contributed by atoms with Crippen molar-refractivity contribution in [2.45, 2.75) is 6.92 Å². The molecule has 1 N–H and O–H groups in total. The molecule has 5 heteroatoms. The molecule has 0 spiro atoms. The molecule has 2 aromatic rings. The molecule has 0 aliphatic rings. The highest BCUT2D eigenvalue weighted by atomic mass is 79.9. The van der Waals surface area contributed by atoms with Crippen LogP contribution in [0, 0.1) is 6.92 Å². The molecule has 0 saturated carbocycles. The van der Waals surface area contributed by atoms with Crippen molar-refractivity contribution >= 4 is 59.4 Å². The zero-order valence-corrected chi connectivity index (χ0v) is 14.8. The predicted octanol–water partition coefficient (Wildman–Crippen LogP) is 5.53. The molecule has 2 rings (SSSR count). The maximum absolute atomic E-state index is 12.2. The fraction of sp³-hybridized carbons (Fsp3) is 0.0714. The summed E-state index contributed by atoms with van der Waals surface area (Å²) in [4.78, 5) is 12.2. The maximum atomic E-state index is 12.2. The fourth-order valence-corrected chi connectivity index (χ4v) is 3.17. The minimum absolute atomic E-state index is 0.148. The summed E-state index contributed by atoms with van der Waals surface area (Å²) in [7, 11) is 0. The van der Waals surface area contributed by atoms with E-state index in [-0.39, 0.29) is 5.91 Å². The zero-order valence-electron chi connectivity index (χ0n) is 10.0. The molecule has 0 aliphatic carbocycles. The lowest BCUT2D eigenvalue weighted by Gasteiger charge is -2.09. The Morgan fingerprint density at radius 1 is 1.00 bits per heavy atom. The van der Waals surface area contributed by atoms with E-state index in [1.165, 1.54) is 0 Å². The summed E-state index contributed by atoms with van der Waals surface area (Å²) >= 11 is 10.2. The SMILES string of the molecule is Cc1ccc(Br)c(NC(=O)c2ccc(Br)cc2Br)c1. The molecule has 0 saturated heterocycles. The summed E-state index contributed by atoms with van der Waals surface area (Å²) in [5.41, 5.74) is 2.45. The van der Waals surface area contributed by atoms with Crippen molar-refractivity contribution in [2.75, 3.05) is 5.32 Å². The Morgan fingerprint density at radius 2 is 1.74 bits per heavy atom. The van der Waals surface area contributed by atoms with Crippen molar-refractivity contribution in [1.82, 2.24) is 0 Å². The zero-order chi connectivity index (χ0) is 14.0. The first-order valence-corrected chi connectivity index (χ1v) is 7.88. The molecular formula is C14H10Br3NO. The molecular weight excluding hydrogens is 438 g/mol. The molecule has 0 radical (unpaired) electrons. The second-order valence-electron chi connectivity index (χ2n) is 4.06. The van der Waals surface area contributed by atoms with Crippen LogP contribution in [0.1, 0.15) is 15.9 Å². The van der Waals surface area contributed by atoms with Gasteiger partial charge in [-0.15, -0.1) is 0 Å². The minimum atomic E-state index is -0.148. The summed E-state index contributed by atoms with van der Waals surface area (Å²) < 4.78 is 2.54. The van der Waals surface area contributed by atoms with E-state index in [0.717, 1.165) is 24.7 Å². The van der Waals surface area contributed by atoms with Gasteiger partial charge in [0, 0.05) is 13.4 Å². The Bertz CT molecular complexity index is 641.